The Morgan fingerprint density at radius 3 is 2.62 bits per heavy atom. The number of carbonyl (C=O) groups excluding carboxylic acids is 1. The van der Waals surface area contributed by atoms with E-state index >= 15 is 0 Å². The lowest BCUT2D eigenvalue weighted by molar-refractivity contribution is 0.0951. The molecule has 2 heterocycles. The van der Waals surface area contributed by atoms with Crippen molar-refractivity contribution in [3.8, 4) is 11.3 Å². The van der Waals surface area contributed by atoms with E-state index in [-0.39, 0.29) is 10.9 Å². The number of anilines is 1. The normalized spacial score (nSPS) is 10.4. The number of halogens is 1. The van der Waals surface area contributed by atoms with E-state index in [0.717, 1.165) is 15.6 Å². The van der Waals surface area contributed by atoms with E-state index in [0.29, 0.717) is 11.6 Å². The Morgan fingerprint density at radius 1 is 1.12 bits per heavy atom. The highest BCUT2D eigenvalue weighted by molar-refractivity contribution is 9.10. The first-order valence-corrected chi connectivity index (χ1v) is 9.04. The molecule has 0 aliphatic rings. The van der Waals surface area contributed by atoms with Crippen LogP contribution in [0.3, 0.4) is 0 Å². The summed E-state index contributed by atoms with van der Waals surface area (Å²) in [6.07, 6.45) is 1.63. The second-order valence-corrected chi connectivity index (χ2v) is 7.06. The molecule has 0 saturated carbocycles. The number of amides is 1. The number of aromatic nitrogens is 1. The van der Waals surface area contributed by atoms with Gasteiger partial charge in [-0.15, -0.1) is 0 Å². The molecule has 0 saturated heterocycles. The van der Waals surface area contributed by atoms with Crippen molar-refractivity contribution in [2.75, 3.05) is 5.32 Å². The molecule has 26 heavy (non-hydrogen) atoms. The monoisotopic (exact) mass is 429 g/mol. The van der Waals surface area contributed by atoms with E-state index < -0.39 is 5.91 Å². The Hall–Kier alpha value is -2.51. The van der Waals surface area contributed by atoms with E-state index in [2.05, 4.69) is 31.5 Å². The highest BCUT2D eigenvalue weighted by atomic mass is 79.9. The lowest BCUT2D eigenvalue weighted by Crippen LogP contribution is -2.34. The van der Waals surface area contributed by atoms with Crippen LogP contribution >= 0.6 is 28.1 Å². The fraction of sp³-hybridized carbons (Fsp3) is 0.105. The predicted octanol–water partition coefficient (Wildman–Crippen LogP) is 4.85. The number of rotatable bonds is 3. The summed E-state index contributed by atoms with van der Waals surface area (Å²) < 4.78 is 6.53. The molecule has 0 unspecified atom stereocenters. The van der Waals surface area contributed by atoms with Crippen molar-refractivity contribution in [3.63, 3.8) is 0 Å². The molecule has 2 N–H and O–H groups in total. The molecule has 0 radical (unpaired) electrons. The average Bonchev–Trinajstić information content (AvgIpc) is 3.09. The van der Waals surface area contributed by atoms with Gasteiger partial charge in [-0.2, -0.15) is 0 Å². The molecule has 1 amide bonds. The molecular formula is C19H16BrN3O2S. The van der Waals surface area contributed by atoms with Crippen LogP contribution in [0.15, 0.2) is 57.6 Å². The summed E-state index contributed by atoms with van der Waals surface area (Å²) in [5.41, 5.74) is 3.29. The molecule has 2 aromatic heterocycles. The summed E-state index contributed by atoms with van der Waals surface area (Å²) in [7, 11) is 0. The fourth-order valence-electron chi connectivity index (χ4n) is 2.27. The highest BCUT2D eigenvalue weighted by Crippen LogP contribution is 2.24. The first-order valence-electron chi connectivity index (χ1n) is 7.84. The molecule has 0 aliphatic heterocycles. The Balaban J connectivity index is 1.66. The number of benzene rings is 1. The van der Waals surface area contributed by atoms with Gasteiger partial charge in [0, 0.05) is 16.2 Å². The largest absolute Gasteiger partial charge is 0.451 e. The molecule has 7 heteroatoms. The molecule has 0 fully saturated rings. The number of thiocarbonyl (C=S) groups is 1. The minimum atomic E-state index is -0.422. The van der Waals surface area contributed by atoms with Gasteiger partial charge in [0.15, 0.2) is 10.9 Å². The van der Waals surface area contributed by atoms with Crippen LogP contribution in [0.1, 0.15) is 21.7 Å². The van der Waals surface area contributed by atoms with E-state index in [4.69, 9.17) is 16.6 Å². The van der Waals surface area contributed by atoms with Gasteiger partial charge >= 0.3 is 0 Å². The maximum atomic E-state index is 12.3. The number of aryl methyl sites for hydroxylation is 2. The third kappa shape index (κ3) is 4.36. The van der Waals surface area contributed by atoms with Gasteiger partial charge in [-0.3, -0.25) is 10.1 Å². The van der Waals surface area contributed by atoms with Gasteiger partial charge in [0.25, 0.3) is 5.91 Å². The van der Waals surface area contributed by atoms with Crippen molar-refractivity contribution in [1.82, 2.24) is 10.3 Å². The Labute approximate surface area is 165 Å². The molecule has 1 aromatic carbocycles. The van der Waals surface area contributed by atoms with Crippen molar-refractivity contribution in [1.29, 1.82) is 0 Å². The van der Waals surface area contributed by atoms with E-state index in [1.807, 2.05) is 38.1 Å². The van der Waals surface area contributed by atoms with Gasteiger partial charge in [-0.25, -0.2) is 4.98 Å². The standard InChI is InChI=1S/C19H16BrN3O2S/c1-11-3-4-13(9-12(11)2)15-6-7-16(25-15)18(24)23-19(26)22-17-8-5-14(20)10-21-17/h3-10H,1-2H3,(H2,21,22,23,24,26). The number of hydrogen-bond donors (Lipinski definition) is 2. The number of carbonyl (C=O) groups is 1. The third-order valence-electron chi connectivity index (χ3n) is 3.82. The molecule has 132 valence electrons. The minimum absolute atomic E-state index is 0.147. The van der Waals surface area contributed by atoms with E-state index in [9.17, 15) is 4.79 Å². The summed E-state index contributed by atoms with van der Waals surface area (Å²) in [6, 6.07) is 13.0. The van der Waals surface area contributed by atoms with E-state index in [1.165, 1.54) is 5.56 Å². The third-order valence-corrected chi connectivity index (χ3v) is 4.49. The first-order chi connectivity index (χ1) is 12.4. The van der Waals surface area contributed by atoms with Crippen LogP contribution in [-0.4, -0.2) is 16.0 Å². The van der Waals surface area contributed by atoms with Crippen molar-refractivity contribution in [2.24, 2.45) is 0 Å². The van der Waals surface area contributed by atoms with Crippen molar-refractivity contribution in [3.05, 3.63) is 70.0 Å². The fourth-order valence-corrected chi connectivity index (χ4v) is 2.70. The quantitative estimate of drug-likeness (QED) is 0.582. The van der Waals surface area contributed by atoms with Gasteiger partial charge < -0.3 is 9.73 Å². The molecule has 0 spiro atoms. The second-order valence-electron chi connectivity index (χ2n) is 5.73. The van der Waals surface area contributed by atoms with E-state index in [1.54, 1.807) is 24.4 Å². The molecule has 0 atom stereocenters. The topological polar surface area (TPSA) is 67.2 Å². The Morgan fingerprint density at radius 2 is 1.92 bits per heavy atom. The van der Waals surface area contributed by atoms with Gasteiger partial charge in [-0.05, 0) is 83.5 Å². The molecule has 5 nitrogen and oxygen atoms in total. The molecular weight excluding hydrogens is 414 g/mol. The molecule has 0 aliphatic carbocycles. The second kappa shape index (κ2) is 7.80. The van der Waals surface area contributed by atoms with Gasteiger partial charge in [0.1, 0.15) is 11.6 Å². The van der Waals surface area contributed by atoms with Crippen LogP contribution < -0.4 is 10.6 Å². The number of hydrogen-bond acceptors (Lipinski definition) is 4. The van der Waals surface area contributed by atoms with Crippen LogP contribution in [0.25, 0.3) is 11.3 Å². The zero-order valence-electron chi connectivity index (χ0n) is 14.2. The summed E-state index contributed by atoms with van der Waals surface area (Å²) in [5.74, 6) is 0.932. The lowest BCUT2D eigenvalue weighted by atomic mass is 10.1. The molecule has 3 rings (SSSR count). The van der Waals surface area contributed by atoms with Gasteiger partial charge in [0.2, 0.25) is 0 Å². The van der Waals surface area contributed by atoms with Crippen LogP contribution in [-0.2, 0) is 0 Å². The SMILES string of the molecule is Cc1ccc(-c2ccc(C(=O)NC(=S)Nc3ccc(Br)cn3)o2)cc1C. The Bertz CT molecular complexity index is 967. The number of furan rings is 1. The number of nitrogens with one attached hydrogen (secondary N) is 2. The number of pyridine rings is 1. The molecule has 3 aromatic rings. The zero-order valence-corrected chi connectivity index (χ0v) is 16.6. The van der Waals surface area contributed by atoms with Crippen molar-refractivity contribution < 1.29 is 9.21 Å². The zero-order chi connectivity index (χ0) is 18.7. The summed E-state index contributed by atoms with van der Waals surface area (Å²) in [4.78, 5) is 16.4. The predicted molar refractivity (Wildman–Crippen MR) is 109 cm³/mol. The van der Waals surface area contributed by atoms with Crippen LogP contribution in [0.5, 0.6) is 0 Å². The maximum absolute atomic E-state index is 12.3. The summed E-state index contributed by atoms with van der Waals surface area (Å²) in [5, 5.41) is 5.58. The van der Waals surface area contributed by atoms with Gasteiger partial charge in [-0.1, -0.05) is 12.1 Å². The Kier molecular flexibility index (Phi) is 5.49. The van der Waals surface area contributed by atoms with Crippen molar-refractivity contribution >= 4 is 45.0 Å². The van der Waals surface area contributed by atoms with Crippen LogP contribution in [0.4, 0.5) is 5.82 Å². The van der Waals surface area contributed by atoms with Crippen molar-refractivity contribution in [2.45, 2.75) is 13.8 Å². The smallest absolute Gasteiger partial charge is 0.293 e. The van der Waals surface area contributed by atoms with Crippen LogP contribution in [0.2, 0.25) is 0 Å². The van der Waals surface area contributed by atoms with Crippen LogP contribution in [0, 0.1) is 13.8 Å². The summed E-state index contributed by atoms with van der Waals surface area (Å²) >= 11 is 8.45. The summed E-state index contributed by atoms with van der Waals surface area (Å²) in [6.45, 7) is 4.09. The maximum Gasteiger partial charge on any atom is 0.293 e. The average molecular weight is 430 g/mol. The highest BCUT2D eigenvalue weighted by Gasteiger charge is 2.14. The molecule has 0 bridgehead atoms. The minimum Gasteiger partial charge on any atom is -0.451 e. The van der Waals surface area contributed by atoms with Gasteiger partial charge in [0.05, 0.1) is 0 Å². The number of nitrogens with zero attached hydrogens (tertiary/aromatic N) is 1. The first kappa shape index (κ1) is 18.3. The lowest BCUT2D eigenvalue weighted by Gasteiger charge is -2.07.